The second-order valence-electron chi connectivity index (χ2n) is 16.2. The predicted molar refractivity (Wildman–Crippen MR) is 247 cm³/mol. The summed E-state index contributed by atoms with van der Waals surface area (Å²) in [5, 5.41) is 11.5. The number of imide groups is 2. The van der Waals surface area contributed by atoms with Gasteiger partial charge in [-0.2, -0.15) is 10.0 Å². The quantitative estimate of drug-likeness (QED) is 0.187. The number of fused-ring (bicyclic) bond motifs is 4. The maximum Gasteiger partial charge on any atom is 0.281 e. The number of hydrazone groups is 2. The molecule has 2 fully saturated rings. The Bertz CT molecular complexity index is 2430. The summed E-state index contributed by atoms with van der Waals surface area (Å²) in [4.78, 5) is 101. The van der Waals surface area contributed by atoms with E-state index in [4.69, 9.17) is 20.2 Å². The van der Waals surface area contributed by atoms with Crippen molar-refractivity contribution in [2.45, 2.75) is 75.3 Å². The highest BCUT2D eigenvalue weighted by Crippen LogP contribution is 2.45. The number of amides is 6. The largest absolute Gasteiger partial charge is 0.281 e. The topological polar surface area (TPSA) is 165 Å². The molecule has 16 heteroatoms. The minimum absolute atomic E-state index is 0.0823. The van der Waals surface area contributed by atoms with Gasteiger partial charge in [0.2, 0.25) is 0 Å². The van der Waals surface area contributed by atoms with E-state index in [9.17, 15) is 28.8 Å². The van der Waals surface area contributed by atoms with Gasteiger partial charge in [-0.25, -0.2) is 9.98 Å². The Hall–Kier alpha value is -6.52. The summed E-state index contributed by atoms with van der Waals surface area (Å²) < 4.78 is 0. The van der Waals surface area contributed by atoms with Gasteiger partial charge in [-0.1, -0.05) is 135 Å². The van der Waals surface area contributed by atoms with Crippen molar-refractivity contribution in [1.82, 2.24) is 19.8 Å². The first-order chi connectivity index (χ1) is 31.2. The lowest BCUT2D eigenvalue weighted by molar-refractivity contribution is -0.126. The fourth-order valence-corrected chi connectivity index (χ4v) is 10.9. The number of hydrogen-bond acceptors (Lipinski definition) is 12. The number of hydrogen-bond donors (Lipinski definition) is 0. The normalized spacial score (nSPS) is 21.4. The molecule has 2 saturated carbocycles. The van der Waals surface area contributed by atoms with E-state index in [2.05, 4.69) is 0 Å². The van der Waals surface area contributed by atoms with Crippen LogP contribution in [0.1, 0.15) is 106 Å². The second kappa shape index (κ2) is 18.3. The molecule has 0 N–H and O–H groups in total. The SMILES string of the molecule is O=C1CSC2=N/C(=N\N(C(=O)c3ccccc3)C(=O)CSC3=N/C(=N\N1C(=O)c1ccccc1)C1(CCCCC1)N3C(=O)c1ccccc1)C1(CCCCC1)N2C(=O)c1ccccc1. The van der Waals surface area contributed by atoms with Crippen molar-refractivity contribution >= 4 is 81.0 Å². The van der Waals surface area contributed by atoms with Gasteiger partial charge >= 0.3 is 0 Å². The molecule has 4 aromatic carbocycles. The number of benzene rings is 4. The van der Waals surface area contributed by atoms with Gasteiger partial charge in [-0.05, 0) is 74.2 Å². The zero-order valence-corrected chi connectivity index (χ0v) is 36.5. The van der Waals surface area contributed by atoms with E-state index >= 15 is 0 Å². The van der Waals surface area contributed by atoms with Crippen LogP contribution in [0.5, 0.6) is 0 Å². The monoisotopic (exact) mass is 892 g/mol. The van der Waals surface area contributed by atoms with Gasteiger partial charge in [0, 0.05) is 22.3 Å². The van der Waals surface area contributed by atoms with E-state index in [0.29, 0.717) is 62.5 Å². The van der Waals surface area contributed by atoms with Crippen LogP contribution in [0.4, 0.5) is 0 Å². The highest BCUT2D eigenvalue weighted by Gasteiger charge is 2.55. The van der Waals surface area contributed by atoms with Crippen LogP contribution in [-0.2, 0) is 9.59 Å². The van der Waals surface area contributed by atoms with Gasteiger partial charge < -0.3 is 0 Å². The molecule has 9 rings (SSSR count). The van der Waals surface area contributed by atoms with E-state index in [-0.39, 0.29) is 44.9 Å². The standard InChI is InChI=1S/C48H44N8O6S2/c57-37-31-63-45-49-43(47(27-15-5-16-28-47)53(45)39(59)33-19-7-1-8-20-33)51-55(41(61)35-23-11-3-12-24-35)38(58)32-64-46-50-44(52-56(37)42(62)36-25-13-4-14-26-36)48(29-17-6-18-30-48)54(46)40(60)34-21-9-2-10-22-34/h1-4,7-14,19-26H,5-6,15-18,27-32H2/b51-43-,52-44-. The van der Waals surface area contributed by atoms with Gasteiger partial charge in [0.05, 0.1) is 11.5 Å². The first-order valence-corrected chi connectivity index (χ1v) is 23.4. The Labute approximate surface area is 378 Å². The van der Waals surface area contributed by atoms with E-state index in [1.54, 1.807) is 131 Å². The van der Waals surface area contributed by atoms with Crippen molar-refractivity contribution in [1.29, 1.82) is 0 Å². The first-order valence-electron chi connectivity index (χ1n) is 21.5. The van der Waals surface area contributed by atoms with Crippen molar-refractivity contribution in [3.8, 4) is 0 Å². The van der Waals surface area contributed by atoms with Crippen molar-refractivity contribution in [2.24, 2.45) is 20.2 Å². The molecule has 0 unspecified atom stereocenters. The molecule has 324 valence electrons. The van der Waals surface area contributed by atoms with Crippen LogP contribution in [-0.4, -0.2) is 99.9 Å². The van der Waals surface area contributed by atoms with E-state index in [0.717, 1.165) is 46.4 Å². The Morgan fingerprint density at radius 2 is 0.719 bits per heavy atom. The Kier molecular flexibility index (Phi) is 12.2. The van der Waals surface area contributed by atoms with Crippen LogP contribution in [0.15, 0.2) is 142 Å². The fourth-order valence-electron chi connectivity index (χ4n) is 9.03. The van der Waals surface area contributed by atoms with Crippen LogP contribution < -0.4 is 0 Å². The van der Waals surface area contributed by atoms with Crippen LogP contribution >= 0.6 is 23.5 Å². The molecule has 0 radical (unpaired) electrons. The Morgan fingerprint density at radius 1 is 0.422 bits per heavy atom. The van der Waals surface area contributed by atoms with E-state index in [1.807, 2.05) is 0 Å². The average Bonchev–Trinajstić information content (AvgIpc) is 3.80. The fraction of sp³-hybridized carbons (Fsp3) is 0.292. The van der Waals surface area contributed by atoms with E-state index in [1.165, 1.54) is 0 Å². The maximum absolute atomic E-state index is 14.8. The lowest BCUT2D eigenvalue weighted by atomic mass is 9.79. The summed E-state index contributed by atoms with van der Waals surface area (Å²) in [7, 11) is 0. The summed E-state index contributed by atoms with van der Waals surface area (Å²) in [6.45, 7) is 0. The number of aliphatic imine (C=N–C) groups is 2. The third-order valence-electron chi connectivity index (χ3n) is 12.2. The molecule has 0 atom stereocenters. The number of carbonyl (C=O) groups excluding carboxylic acids is 6. The molecular formula is C48H44N8O6S2. The van der Waals surface area contributed by atoms with Crippen LogP contribution in [0.2, 0.25) is 0 Å². The number of amidine groups is 4. The highest BCUT2D eigenvalue weighted by atomic mass is 32.2. The van der Waals surface area contributed by atoms with Gasteiger partial charge in [0.1, 0.15) is 11.1 Å². The molecule has 64 heavy (non-hydrogen) atoms. The molecule has 0 saturated heterocycles. The van der Waals surface area contributed by atoms with Gasteiger partial charge in [-0.15, -0.1) is 10.2 Å². The molecule has 2 aliphatic carbocycles. The third kappa shape index (κ3) is 8.00. The molecular weight excluding hydrogens is 849 g/mol. The van der Waals surface area contributed by atoms with Gasteiger partial charge in [-0.3, -0.25) is 38.6 Å². The molecule has 5 aliphatic rings. The summed E-state index contributed by atoms with van der Waals surface area (Å²) in [6.07, 6.45) is 6.23. The zero-order chi connectivity index (χ0) is 44.3. The molecule has 6 amide bonds. The van der Waals surface area contributed by atoms with Crippen molar-refractivity contribution < 1.29 is 28.8 Å². The van der Waals surface area contributed by atoms with Crippen LogP contribution in [0, 0.1) is 0 Å². The van der Waals surface area contributed by atoms with Crippen molar-refractivity contribution in [3.05, 3.63) is 144 Å². The molecule has 4 aromatic rings. The van der Waals surface area contributed by atoms with Gasteiger partial charge in [0.25, 0.3) is 35.4 Å². The molecule has 3 heterocycles. The van der Waals surface area contributed by atoms with Crippen molar-refractivity contribution in [2.75, 3.05) is 11.5 Å². The summed E-state index contributed by atoms with van der Waals surface area (Å²) in [5.74, 6) is -4.24. The summed E-state index contributed by atoms with van der Waals surface area (Å²) >= 11 is 1.89. The molecule has 3 aliphatic heterocycles. The Balaban J connectivity index is 1.22. The smallest absolute Gasteiger partial charge is 0.273 e. The van der Waals surface area contributed by atoms with Crippen LogP contribution in [0.3, 0.4) is 0 Å². The summed E-state index contributed by atoms with van der Waals surface area (Å²) in [6, 6.07) is 34.1. The predicted octanol–water partition coefficient (Wildman–Crippen LogP) is 7.86. The van der Waals surface area contributed by atoms with Crippen LogP contribution in [0.25, 0.3) is 0 Å². The zero-order valence-electron chi connectivity index (χ0n) is 34.9. The van der Waals surface area contributed by atoms with E-state index < -0.39 is 46.2 Å². The summed E-state index contributed by atoms with van der Waals surface area (Å²) in [5.41, 5.74) is -1.20. The highest BCUT2D eigenvalue weighted by molar-refractivity contribution is 8.14. The molecule has 2 spiro atoms. The average molecular weight is 893 g/mol. The number of nitrogens with zero attached hydrogens (tertiary/aromatic N) is 8. The first kappa shape index (κ1) is 42.8. The Morgan fingerprint density at radius 3 is 1.03 bits per heavy atom. The lowest BCUT2D eigenvalue weighted by Crippen LogP contribution is -2.56. The second-order valence-corrected chi connectivity index (χ2v) is 18.0. The number of carbonyl (C=O) groups is 6. The minimum atomic E-state index is -1.18. The third-order valence-corrected chi connectivity index (χ3v) is 14.1. The number of rotatable bonds is 4. The van der Waals surface area contributed by atoms with Gasteiger partial charge in [0.15, 0.2) is 22.0 Å². The number of thioether (sulfide) groups is 2. The van der Waals surface area contributed by atoms with Crippen molar-refractivity contribution in [3.63, 3.8) is 0 Å². The lowest BCUT2D eigenvalue weighted by Gasteiger charge is -2.41. The minimum Gasteiger partial charge on any atom is -0.273 e. The molecule has 14 nitrogen and oxygen atoms in total. The molecule has 4 bridgehead atoms. The molecule has 0 aromatic heterocycles. The maximum atomic E-state index is 14.8.